The van der Waals surface area contributed by atoms with Gasteiger partial charge in [-0.25, -0.2) is 9.59 Å². The molecule has 4 rings (SSSR count). The maximum Gasteiger partial charge on any atom is 0.337 e. The predicted molar refractivity (Wildman–Crippen MR) is 104 cm³/mol. The van der Waals surface area contributed by atoms with Gasteiger partial charge in [-0.3, -0.25) is 0 Å². The molecule has 0 radical (unpaired) electrons. The minimum Gasteiger partial charge on any atom is -0.465 e. The number of fused-ring (bicyclic) bond motifs is 1. The van der Waals surface area contributed by atoms with Gasteiger partial charge in [0.1, 0.15) is 0 Å². The van der Waals surface area contributed by atoms with Crippen LogP contribution in [0.5, 0.6) is 0 Å². The average Bonchev–Trinajstić information content (AvgIpc) is 2.66. The van der Waals surface area contributed by atoms with Crippen LogP contribution in [0.2, 0.25) is 0 Å². The lowest BCUT2D eigenvalue weighted by atomic mass is 9.97. The fraction of sp³-hybridized carbons (Fsp3) is 0.333. The van der Waals surface area contributed by atoms with Crippen LogP contribution >= 0.6 is 0 Å². The quantitative estimate of drug-likeness (QED) is 0.849. The van der Waals surface area contributed by atoms with Crippen LogP contribution in [0, 0.1) is 0 Å². The van der Waals surface area contributed by atoms with Crippen LogP contribution in [0.15, 0.2) is 48.5 Å². The zero-order valence-electron chi connectivity index (χ0n) is 15.4. The maximum absolute atomic E-state index is 12.5. The number of benzene rings is 2. The number of hydrogen-bond donors (Lipinski definition) is 1. The van der Waals surface area contributed by atoms with Crippen molar-refractivity contribution < 1.29 is 14.3 Å². The number of rotatable bonds is 3. The van der Waals surface area contributed by atoms with Crippen molar-refractivity contribution in [1.29, 1.82) is 0 Å². The van der Waals surface area contributed by atoms with Crippen molar-refractivity contribution in [3.05, 3.63) is 59.7 Å². The van der Waals surface area contributed by atoms with Crippen molar-refractivity contribution in [1.82, 2.24) is 4.90 Å². The third-order valence-electron chi connectivity index (χ3n) is 5.27. The summed E-state index contributed by atoms with van der Waals surface area (Å²) in [6.45, 7) is 2.45. The topological polar surface area (TPSA) is 61.9 Å². The molecule has 0 aliphatic carbocycles. The number of hydrogen-bond acceptors (Lipinski definition) is 4. The van der Waals surface area contributed by atoms with E-state index in [9.17, 15) is 9.59 Å². The number of methoxy groups -OCH3 is 1. The van der Waals surface area contributed by atoms with Gasteiger partial charge in [0.25, 0.3) is 0 Å². The highest BCUT2D eigenvalue weighted by molar-refractivity contribution is 5.94. The Balaban J connectivity index is 1.36. The Labute approximate surface area is 158 Å². The lowest BCUT2D eigenvalue weighted by molar-refractivity contribution is 0.0600. The summed E-state index contributed by atoms with van der Waals surface area (Å²) in [7, 11) is 1.34. The lowest BCUT2D eigenvalue weighted by Gasteiger charge is -2.48. The molecule has 0 spiro atoms. The second-order valence-corrected chi connectivity index (χ2v) is 6.99. The molecule has 6 heteroatoms. The van der Waals surface area contributed by atoms with E-state index >= 15 is 0 Å². The minimum atomic E-state index is -0.418. The zero-order valence-corrected chi connectivity index (χ0v) is 15.4. The number of carbonyl (C=O) groups is 2. The van der Waals surface area contributed by atoms with E-state index in [0.717, 1.165) is 19.4 Å². The molecule has 6 nitrogen and oxygen atoms in total. The van der Waals surface area contributed by atoms with Gasteiger partial charge in [0.2, 0.25) is 0 Å². The van der Waals surface area contributed by atoms with Gasteiger partial charge in [0, 0.05) is 31.0 Å². The summed E-state index contributed by atoms with van der Waals surface area (Å²) in [5, 5.41) is 2.87. The predicted octanol–water partition coefficient (Wildman–Crippen LogP) is 3.14. The first kappa shape index (κ1) is 17.4. The number of para-hydroxylation sites is 1. The largest absolute Gasteiger partial charge is 0.465 e. The number of likely N-dealkylation sites (tertiary alicyclic amines) is 1. The van der Waals surface area contributed by atoms with Gasteiger partial charge in [-0.05, 0) is 42.7 Å². The Morgan fingerprint density at radius 1 is 1.11 bits per heavy atom. The van der Waals surface area contributed by atoms with Crippen LogP contribution < -0.4 is 10.2 Å². The molecule has 2 aromatic carbocycles. The van der Waals surface area contributed by atoms with Crippen molar-refractivity contribution >= 4 is 23.4 Å². The van der Waals surface area contributed by atoms with Crippen LogP contribution in [0.25, 0.3) is 0 Å². The summed E-state index contributed by atoms with van der Waals surface area (Å²) in [4.78, 5) is 28.3. The molecule has 0 saturated carbocycles. The van der Waals surface area contributed by atoms with Gasteiger partial charge in [-0.2, -0.15) is 0 Å². The van der Waals surface area contributed by atoms with Gasteiger partial charge < -0.3 is 19.9 Å². The van der Waals surface area contributed by atoms with Crippen molar-refractivity contribution in [2.45, 2.75) is 18.9 Å². The second-order valence-electron chi connectivity index (χ2n) is 6.99. The van der Waals surface area contributed by atoms with E-state index < -0.39 is 5.97 Å². The number of ether oxygens (including phenoxy) is 1. The molecule has 2 heterocycles. The number of nitrogens with zero attached hydrogens (tertiary/aromatic N) is 2. The molecule has 1 fully saturated rings. The molecule has 2 amide bonds. The van der Waals surface area contributed by atoms with Gasteiger partial charge in [-0.15, -0.1) is 0 Å². The lowest BCUT2D eigenvalue weighted by Crippen LogP contribution is -2.62. The highest BCUT2D eigenvalue weighted by Crippen LogP contribution is 2.31. The Morgan fingerprint density at radius 2 is 1.93 bits per heavy atom. The molecule has 140 valence electrons. The standard InChI is InChI=1S/C21H23N3O3/c1-27-20(25)16-7-4-9-17(12-16)22-21(26)23-13-18(14-23)24-11-5-8-15-6-2-3-10-19(15)24/h2-4,6-7,9-10,12,18H,5,8,11,13-14H2,1H3,(H,22,26). The number of carbonyl (C=O) groups excluding carboxylic acids is 2. The third-order valence-corrected chi connectivity index (χ3v) is 5.27. The molecule has 2 aromatic rings. The normalized spacial score (nSPS) is 16.3. The number of aryl methyl sites for hydroxylation is 1. The van der Waals surface area contributed by atoms with E-state index in [2.05, 4.69) is 34.5 Å². The molecule has 1 saturated heterocycles. The minimum absolute atomic E-state index is 0.140. The van der Waals surface area contributed by atoms with Gasteiger partial charge in [0.15, 0.2) is 0 Å². The first-order valence-corrected chi connectivity index (χ1v) is 9.24. The Morgan fingerprint density at radius 3 is 2.74 bits per heavy atom. The van der Waals surface area contributed by atoms with Crippen molar-refractivity contribution in [2.24, 2.45) is 0 Å². The molecule has 2 aliphatic heterocycles. The van der Waals surface area contributed by atoms with Crippen LogP contribution in [0.1, 0.15) is 22.3 Å². The van der Waals surface area contributed by atoms with Crippen molar-refractivity contribution in [2.75, 3.05) is 37.0 Å². The Kier molecular flexibility index (Phi) is 4.71. The Hall–Kier alpha value is -3.02. The van der Waals surface area contributed by atoms with Gasteiger partial charge in [-0.1, -0.05) is 24.3 Å². The molecule has 0 atom stereocenters. The van der Waals surface area contributed by atoms with Crippen LogP contribution in [0.4, 0.5) is 16.2 Å². The monoisotopic (exact) mass is 365 g/mol. The number of esters is 1. The highest BCUT2D eigenvalue weighted by atomic mass is 16.5. The zero-order chi connectivity index (χ0) is 18.8. The van der Waals surface area contributed by atoms with Gasteiger partial charge in [0.05, 0.1) is 18.7 Å². The van der Waals surface area contributed by atoms with Crippen LogP contribution in [-0.4, -0.2) is 49.7 Å². The SMILES string of the molecule is COC(=O)c1cccc(NC(=O)N2CC(N3CCCc4ccccc43)C2)c1. The van der Waals surface area contributed by atoms with E-state index in [4.69, 9.17) is 4.74 Å². The number of urea groups is 1. The third kappa shape index (κ3) is 3.47. The van der Waals surface area contributed by atoms with E-state index in [1.807, 2.05) is 0 Å². The summed E-state index contributed by atoms with van der Waals surface area (Å²) in [5.41, 5.74) is 3.71. The number of amides is 2. The molecule has 2 aliphatic rings. The average molecular weight is 365 g/mol. The molecule has 27 heavy (non-hydrogen) atoms. The number of nitrogens with one attached hydrogen (secondary N) is 1. The molecular formula is C21H23N3O3. The summed E-state index contributed by atoms with van der Waals surface area (Å²) < 4.78 is 4.72. The smallest absolute Gasteiger partial charge is 0.337 e. The first-order chi connectivity index (χ1) is 13.2. The van der Waals surface area contributed by atoms with E-state index in [-0.39, 0.29) is 6.03 Å². The Bertz CT molecular complexity index is 861. The summed E-state index contributed by atoms with van der Waals surface area (Å²) in [6.07, 6.45) is 2.28. The molecule has 0 bridgehead atoms. The molecule has 0 unspecified atom stereocenters. The molecular weight excluding hydrogens is 342 g/mol. The first-order valence-electron chi connectivity index (χ1n) is 9.24. The van der Waals surface area contributed by atoms with E-state index in [1.165, 1.54) is 18.4 Å². The molecule has 1 N–H and O–H groups in total. The van der Waals surface area contributed by atoms with E-state index in [1.54, 1.807) is 29.2 Å². The van der Waals surface area contributed by atoms with Crippen LogP contribution in [-0.2, 0) is 11.2 Å². The highest BCUT2D eigenvalue weighted by Gasteiger charge is 2.36. The van der Waals surface area contributed by atoms with Gasteiger partial charge >= 0.3 is 12.0 Å². The van der Waals surface area contributed by atoms with Crippen LogP contribution in [0.3, 0.4) is 0 Å². The maximum atomic E-state index is 12.5. The molecule has 0 aromatic heterocycles. The summed E-state index contributed by atoms with van der Waals surface area (Å²) in [6, 6.07) is 15.5. The van der Waals surface area contributed by atoms with E-state index in [0.29, 0.717) is 30.4 Å². The van der Waals surface area contributed by atoms with Crippen molar-refractivity contribution in [3.8, 4) is 0 Å². The van der Waals surface area contributed by atoms with Crippen molar-refractivity contribution in [3.63, 3.8) is 0 Å². The fourth-order valence-electron chi connectivity index (χ4n) is 3.80. The summed E-state index contributed by atoms with van der Waals surface area (Å²) in [5.74, 6) is -0.418. The number of anilines is 2. The second kappa shape index (κ2) is 7.31. The fourth-order valence-corrected chi connectivity index (χ4v) is 3.80. The summed E-state index contributed by atoms with van der Waals surface area (Å²) >= 11 is 0.